The summed E-state index contributed by atoms with van der Waals surface area (Å²) in [5, 5.41) is 4.12. The lowest BCUT2D eigenvalue weighted by molar-refractivity contribution is 0.0955. The van der Waals surface area contributed by atoms with E-state index in [-0.39, 0.29) is 5.91 Å². The lowest BCUT2D eigenvalue weighted by atomic mass is 10.1. The maximum atomic E-state index is 12.0. The van der Waals surface area contributed by atoms with Gasteiger partial charge in [0, 0.05) is 31.6 Å². The Kier molecular flexibility index (Phi) is 3.49. The molecule has 0 radical (unpaired) electrons. The number of nitrogens with zero attached hydrogens (tertiary/aromatic N) is 2. The Morgan fingerprint density at radius 1 is 1.30 bits per heavy atom. The van der Waals surface area contributed by atoms with Crippen molar-refractivity contribution < 1.29 is 4.79 Å². The Morgan fingerprint density at radius 2 is 2.05 bits per heavy atom. The number of rotatable bonds is 2. The number of nitrogen functional groups attached to an aromatic ring is 1. The third-order valence-corrected chi connectivity index (χ3v) is 3.52. The quantitative estimate of drug-likeness (QED) is 0.414. The van der Waals surface area contributed by atoms with Crippen molar-refractivity contribution >= 4 is 22.6 Å². The van der Waals surface area contributed by atoms with E-state index >= 15 is 0 Å². The zero-order valence-corrected chi connectivity index (χ0v) is 11.1. The predicted molar refractivity (Wildman–Crippen MR) is 78.5 cm³/mol. The zero-order chi connectivity index (χ0) is 13.9. The van der Waals surface area contributed by atoms with E-state index in [1.165, 1.54) is 0 Å². The smallest absolute Gasteiger partial charge is 0.265 e. The molecule has 1 saturated heterocycles. The Bertz CT molecular complexity index is 636. The molecule has 4 N–H and O–H groups in total. The number of carbonyl (C=O) groups is 1. The van der Waals surface area contributed by atoms with Gasteiger partial charge in [0.25, 0.3) is 5.91 Å². The maximum Gasteiger partial charge on any atom is 0.265 e. The SMILES string of the molecule is NNC(=O)c1cc(N2CCNCC2)nc2ccccc12. The van der Waals surface area contributed by atoms with Crippen LogP contribution in [0, 0.1) is 0 Å². The van der Waals surface area contributed by atoms with Crippen molar-refractivity contribution in [1.82, 2.24) is 15.7 Å². The number of hydrazine groups is 1. The van der Waals surface area contributed by atoms with Crippen molar-refractivity contribution in [3.8, 4) is 0 Å². The van der Waals surface area contributed by atoms with Gasteiger partial charge in [0.15, 0.2) is 0 Å². The second kappa shape index (κ2) is 5.44. The van der Waals surface area contributed by atoms with E-state index in [1.54, 1.807) is 0 Å². The van der Waals surface area contributed by atoms with Gasteiger partial charge in [-0.1, -0.05) is 18.2 Å². The normalized spacial score (nSPS) is 15.3. The summed E-state index contributed by atoms with van der Waals surface area (Å²) in [5.41, 5.74) is 3.58. The molecule has 0 aliphatic carbocycles. The van der Waals surface area contributed by atoms with Gasteiger partial charge >= 0.3 is 0 Å². The van der Waals surface area contributed by atoms with E-state index in [0.29, 0.717) is 5.56 Å². The number of anilines is 1. The molecule has 6 heteroatoms. The second-order valence-corrected chi connectivity index (χ2v) is 4.76. The molecule has 1 aliphatic rings. The number of nitrogens with one attached hydrogen (secondary N) is 2. The summed E-state index contributed by atoms with van der Waals surface area (Å²) < 4.78 is 0. The van der Waals surface area contributed by atoms with E-state index in [1.807, 2.05) is 30.3 Å². The minimum atomic E-state index is -0.292. The van der Waals surface area contributed by atoms with Crippen LogP contribution in [0.2, 0.25) is 0 Å². The number of hydrogen-bond donors (Lipinski definition) is 3. The molecule has 6 nitrogen and oxygen atoms in total. The summed E-state index contributed by atoms with van der Waals surface area (Å²) in [4.78, 5) is 18.8. The van der Waals surface area contributed by atoms with Crippen molar-refractivity contribution in [2.24, 2.45) is 5.84 Å². The molecule has 0 spiro atoms. The minimum Gasteiger partial charge on any atom is -0.354 e. The topological polar surface area (TPSA) is 83.3 Å². The fourth-order valence-electron chi connectivity index (χ4n) is 2.48. The van der Waals surface area contributed by atoms with Crippen molar-refractivity contribution in [3.63, 3.8) is 0 Å². The highest BCUT2D eigenvalue weighted by Crippen LogP contribution is 2.23. The van der Waals surface area contributed by atoms with Crippen molar-refractivity contribution in [3.05, 3.63) is 35.9 Å². The van der Waals surface area contributed by atoms with Crippen LogP contribution in [0.1, 0.15) is 10.4 Å². The van der Waals surface area contributed by atoms with Gasteiger partial charge in [-0.05, 0) is 12.1 Å². The molecule has 0 bridgehead atoms. The first-order valence-corrected chi connectivity index (χ1v) is 6.66. The van der Waals surface area contributed by atoms with E-state index in [4.69, 9.17) is 5.84 Å². The molecule has 104 valence electrons. The molecule has 2 aromatic rings. The van der Waals surface area contributed by atoms with E-state index in [9.17, 15) is 4.79 Å². The molecule has 20 heavy (non-hydrogen) atoms. The van der Waals surface area contributed by atoms with E-state index in [2.05, 4.69) is 20.6 Å². The Morgan fingerprint density at radius 3 is 2.80 bits per heavy atom. The van der Waals surface area contributed by atoms with E-state index < -0.39 is 0 Å². The van der Waals surface area contributed by atoms with Gasteiger partial charge in [-0.3, -0.25) is 10.2 Å². The van der Waals surface area contributed by atoms with Gasteiger partial charge < -0.3 is 10.2 Å². The largest absolute Gasteiger partial charge is 0.354 e. The van der Waals surface area contributed by atoms with Crippen molar-refractivity contribution in [2.75, 3.05) is 31.1 Å². The minimum absolute atomic E-state index is 0.292. The third kappa shape index (κ3) is 2.31. The molecule has 1 aromatic carbocycles. The first-order valence-electron chi connectivity index (χ1n) is 6.66. The maximum absolute atomic E-state index is 12.0. The summed E-state index contributed by atoms with van der Waals surface area (Å²) in [6.45, 7) is 3.61. The van der Waals surface area contributed by atoms with Crippen LogP contribution in [0.25, 0.3) is 10.9 Å². The van der Waals surface area contributed by atoms with Gasteiger partial charge in [0.05, 0.1) is 11.1 Å². The van der Waals surface area contributed by atoms with Crippen LogP contribution >= 0.6 is 0 Å². The molecule has 0 saturated carbocycles. The zero-order valence-electron chi connectivity index (χ0n) is 11.1. The van der Waals surface area contributed by atoms with Gasteiger partial charge in [0.2, 0.25) is 0 Å². The number of nitrogens with two attached hydrogens (primary N) is 1. The molecule has 3 rings (SSSR count). The summed E-state index contributed by atoms with van der Waals surface area (Å²) >= 11 is 0. The number of benzene rings is 1. The predicted octanol–water partition coefficient (Wildman–Crippen LogP) is 0.248. The summed E-state index contributed by atoms with van der Waals surface area (Å²) in [5.74, 6) is 5.81. The number of amides is 1. The number of para-hydroxylation sites is 1. The highest BCUT2D eigenvalue weighted by molar-refractivity contribution is 6.06. The number of fused-ring (bicyclic) bond motifs is 1. The average Bonchev–Trinajstić information content (AvgIpc) is 2.54. The fraction of sp³-hybridized carbons (Fsp3) is 0.286. The van der Waals surface area contributed by atoms with E-state index in [0.717, 1.165) is 42.9 Å². The fourth-order valence-corrected chi connectivity index (χ4v) is 2.48. The lowest BCUT2D eigenvalue weighted by Crippen LogP contribution is -2.44. The molecule has 1 amide bonds. The van der Waals surface area contributed by atoms with Gasteiger partial charge in [-0.15, -0.1) is 0 Å². The van der Waals surface area contributed by atoms with Gasteiger partial charge in [0.1, 0.15) is 5.82 Å². The third-order valence-electron chi connectivity index (χ3n) is 3.52. The van der Waals surface area contributed by atoms with Gasteiger partial charge in [-0.2, -0.15) is 0 Å². The van der Waals surface area contributed by atoms with Gasteiger partial charge in [-0.25, -0.2) is 10.8 Å². The molecule has 1 aliphatic heterocycles. The van der Waals surface area contributed by atoms with Crippen LogP contribution in [0.15, 0.2) is 30.3 Å². The number of carbonyl (C=O) groups excluding carboxylic acids is 1. The first kappa shape index (κ1) is 12.8. The monoisotopic (exact) mass is 271 g/mol. The van der Waals surface area contributed by atoms with Crippen LogP contribution in [-0.4, -0.2) is 37.1 Å². The summed E-state index contributed by atoms with van der Waals surface area (Å²) in [6, 6.07) is 9.42. The van der Waals surface area contributed by atoms with Crippen molar-refractivity contribution in [2.45, 2.75) is 0 Å². The Labute approximate surface area is 116 Å². The molecular weight excluding hydrogens is 254 g/mol. The van der Waals surface area contributed by atoms with Crippen LogP contribution < -0.4 is 21.5 Å². The van der Waals surface area contributed by atoms with Crippen LogP contribution in [0.4, 0.5) is 5.82 Å². The standard InChI is InChI=1S/C14H17N5O/c15-18-14(20)11-9-13(19-7-5-16-6-8-19)17-12-4-2-1-3-10(11)12/h1-4,9,16H,5-8,15H2,(H,18,20). The second-order valence-electron chi connectivity index (χ2n) is 4.76. The highest BCUT2D eigenvalue weighted by Gasteiger charge is 2.17. The summed E-state index contributed by atoms with van der Waals surface area (Å²) in [6.07, 6.45) is 0. The molecular formula is C14H17N5O. The number of piperazine rings is 1. The number of hydrogen-bond acceptors (Lipinski definition) is 5. The highest BCUT2D eigenvalue weighted by atomic mass is 16.2. The lowest BCUT2D eigenvalue weighted by Gasteiger charge is -2.29. The molecule has 0 unspecified atom stereocenters. The molecule has 1 aromatic heterocycles. The average molecular weight is 271 g/mol. The summed E-state index contributed by atoms with van der Waals surface area (Å²) in [7, 11) is 0. The Hall–Kier alpha value is -2.18. The van der Waals surface area contributed by atoms with Crippen LogP contribution in [-0.2, 0) is 0 Å². The molecule has 1 fully saturated rings. The molecule has 2 heterocycles. The molecule has 0 atom stereocenters. The first-order chi connectivity index (χ1) is 9.79. The number of aromatic nitrogens is 1. The Balaban J connectivity index is 2.11. The number of pyridine rings is 1. The van der Waals surface area contributed by atoms with Crippen LogP contribution in [0.5, 0.6) is 0 Å². The van der Waals surface area contributed by atoms with Crippen molar-refractivity contribution in [1.29, 1.82) is 0 Å². The van der Waals surface area contributed by atoms with Crippen LogP contribution in [0.3, 0.4) is 0 Å².